The third-order valence-corrected chi connectivity index (χ3v) is 5.75. The summed E-state index contributed by atoms with van der Waals surface area (Å²) in [5, 5.41) is 2.73. The van der Waals surface area contributed by atoms with Gasteiger partial charge >= 0.3 is 6.09 Å². The van der Waals surface area contributed by atoms with Gasteiger partial charge in [0, 0.05) is 19.6 Å². The zero-order valence-electron chi connectivity index (χ0n) is 20.6. The number of nitrogens with one attached hydrogen (secondary N) is 1. The van der Waals surface area contributed by atoms with Gasteiger partial charge in [-0.05, 0) is 69.2 Å². The number of ether oxygens (including phenoxy) is 3. The van der Waals surface area contributed by atoms with Crippen LogP contribution >= 0.6 is 0 Å². The van der Waals surface area contributed by atoms with Crippen LogP contribution in [0.4, 0.5) is 4.79 Å². The Hall–Kier alpha value is -3.22. The lowest BCUT2D eigenvalue weighted by atomic mass is 9.90. The third-order valence-electron chi connectivity index (χ3n) is 5.75. The fourth-order valence-electron chi connectivity index (χ4n) is 4.00. The first-order valence-electron chi connectivity index (χ1n) is 11.8. The molecule has 1 saturated heterocycles. The van der Waals surface area contributed by atoms with E-state index < -0.39 is 11.7 Å². The maximum Gasteiger partial charge on any atom is 0.407 e. The molecule has 3 rings (SSSR count). The topological polar surface area (TPSA) is 77.1 Å². The van der Waals surface area contributed by atoms with E-state index >= 15 is 0 Å². The SMILES string of the molecule is COc1ccc(CNC(=O)OC(C)(C)C)cc1OCC(=O)N1CCC(Cc2ccccc2)CC1. The predicted molar refractivity (Wildman–Crippen MR) is 131 cm³/mol. The second-order valence-corrected chi connectivity index (χ2v) is 9.64. The smallest absolute Gasteiger partial charge is 0.407 e. The highest BCUT2D eigenvalue weighted by Crippen LogP contribution is 2.28. The Morgan fingerprint density at radius 1 is 1.00 bits per heavy atom. The van der Waals surface area contributed by atoms with Crippen molar-refractivity contribution in [3.63, 3.8) is 0 Å². The second kappa shape index (κ2) is 11.8. The molecule has 0 atom stereocenters. The van der Waals surface area contributed by atoms with Crippen molar-refractivity contribution in [2.24, 2.45) is 5.92 Å². The molecule has 34 heavy (non-hydrogen) atoms. The lowest BCUT2D eigenvalue weighted by molar-refractivity contribution is -0.134. The number of carbonyl (C=O) groups excluding carboxylic acids is 2. The lowest BCUT2D eigenvalue weighted by Crippen LogP contribution is -2.41. The number of nitrogens with zero attached hydrogens (tertiary/aromatic N) is 1. The van der Waals surface area contributed by atoms with E-state index in [-0.39, 0.29) is 19.1 Å². The molecule has 1 aliphatic rings. The molecule has 0 aromatic heterocycles. The minimum absolute atomic E-state index is 0.0301. The number of likely N-dealkylation sites (tertiary alicyclic amines) is 1. The summed E-state index contributed by atoms with van der Waals surface area (Å²) in [5.41, 5.74) is 1.61. The molecule has 1 aliphatic heterocycles. The van der Waals surface area contributed by atoms with Crippen molar-refractivity contribution in [2.75, 3.05) is 26.8 Å². The summed E-state index contributed by atoms with van der Waals surface area (Å²) >= 11 is 0. The van der Waals surface area contributed by atoms with Crippen molar-refractivity contribution >= 4 is 12.0 Å². The van der Waals surface area contributed by atoms with E-state index in [1.807, 2.05) is 37.8 Å². The number of hydrogen-bond acceptors (Lipinski definition) is 5. The summed E-state index contributed by atoms with van der Waals surface area (Å²) < 4.78 is 16.5. The molecule has 0 unspecified atom stereocenters. The van der Waals surface area contributed by atoms with Gasteiger partial charge in [-0.1, -0.05) is 36.4 Å². The van der Waals surface area contributed by atoms with Gasteiger partial charge < -0.3 is 24.4 Å². The minimum Gasteiger partial charge on any atom is -0.493 e. The zero-order chi connectivity index (χ0) is 24.6. The van der Waals surface area contributed by atoms with Gasteiger partial charge in [-0.2, -0.15) is 0 Å². The van der Waals surface area contributed by atoms with Crippen molar-refractivity contribution in [2.45, 2.75) is 52.2 Å². The van der Waals surface area contributed by atoms with Gasteiger partial charge in [0.2, 0.25) is 0 Å². The molecule has 0 radical (unpaired) electrons. The number of methoxy groups -OCH3 is 1. The molecule has 1 fully saturated rings. The zero-order valence-corrected chi connectivity index (χ0v) is 20.6. The molecule has 7 nitrogen and oxygen atoms in total. The van der Waals surface area contributed by atoms with Gasteiger partial charge in [0.25, 0.3) is 5.91 Å². The van der Waals surface area contributed by atoms with Gasteiger partial charge in [-0.3, -0.25) is 4.79 Å². The molecule has 0 saturated carbocycles. The standard InChI is InChI=1S/C27H36N2O5/c1-27(2,3)34-26(31)28-18-22-10-11-23(32-4)24(17-22)33-19-25(30)29-14-12-21(13-15-29)16-20-8-6-5-7-9-20/h5-11,17,21H,12-16,18-19H2,1-4H3,(H,28,31). The molecule has 0 bridgehead atoms. The first kappa shape index (κ1) is 25.4. The van der Waals surface area contributed by atoms with Crippen LogP contribution in [0.3, 0.4) is 0 Å². The first-order valence-corrected chi connectivity index (χ1v) is 11.8. The third kappa shape index (κ3) is 7.97. The van der Waals surface area contributed by atoms with Crippen molar-refractivity contribution in [3.8, 4) is 11.5 Å². The van der Waals surface area contributed by atoms with E-state index in [4.69, 9.17) is 14.2 Å². The number of benzene rings is 2. The summed E-state index contributed by atoms with van der Waals surface area (Å²) in [4.78, 5) is 26.5. The van der Waals surface area contributed by atoms with Crippen LogP contribution in [0.25, 0.3) is 0 Å². The number of alkyl carbamates (subject to hydrolysis) is 1. The Labute approximate surface area is 202 Å². The summed E-state index contributed by atoms with van der Waals surface area (Å²) in [6.45, 7) is 7.16. The van der Waals surface area contributed by atoms with Crippen LogP contribution in [0.15, 0.2) is 48.5 Å². The maximum absolute atomic E-state index is 12.8. The summed E-state index contributed by atoms with van der Waals surface area (Å²) in [7, 11) is 1.56. The Morgan fingerprint density at radius 2 is 1.71 bits per heavy atom. The lowest BCUT2D eigenvalue weighted by Gasteiger charge is -2.32. The van der Waals surface area contributed by atoms with E-state index in [0.717, 1.165) is 37.9 Å². The number of piperidine rings is 1. The number of amides is 2. The van der Waals surface area contributed by atoms with Crippen LogP contribution < -0.4 is 14.8 Å². The fraction of sp³-hybridized carbons (Fsp3) is 0.481. The van der Waals surface area contributed by atoms with Crippen LogP contribution in [0.2, 0.25) is 0 Å². The highest BCUT2D eigenvalue weighted by molar-refractivity contribution is 5.78. The summed E-state index contributed by atoms with van der Waals surface area (Å²) in [6.07, 6.45) is 2.56. The Morgan fingerprint density at radius 3 is 2.35 bits per heavy atom. The molecule has 2 amide bonds. The van der Waals surface area contributed by atoms with Gasteiger partial charge in [0.05, 0.1) is 7.11 Å². The molecule has 184 valence electrons. The number of hydrogen-bond donors (Lipinski definition) is 1. The van der Waals surface area contributed by atoms with Crippen molar-refractivity contribution < 1.29 is 23.8 Å². The number of carbonyl (C=O) groups is 2. The van der Waals surface area contributed by atoms with Gasteiger partial charge in [0.1, 0.15) is 5.60 Å². The van der Waals surface area contributed by atoms with Gasteiger partial charge in [-0.15, -0.1) is 0 Å². The van der Waals surface area contributed by atoms with Gasteiger partial charge in [0.15, 0.2) is 18.1 Å². The Bertz CT molecular complexity index is 947. The Kier molecular flexibility index (Phi) is 8.79. The van der Waals surface area contributed by atoms with E-state index in [9.17, 15) is 9.59 Å². The second-order valence-electron chi connectivity index (χ2n) is 9.64. The number of rotatable bonds is 8. The molecule has 0 aliphatic carbocycles. The molecule has 2 aromatic carbocycles. The van der Waals surface area contributed by atoms with Crippen LogP contribution in [0, 0.1) is 5.92 Å². The fourth-order valence-corrected chi connectivity index (χ4v) is 4.00. The van der Waals surface area contributed by atoms with E-state index in [0.29, 0.717) is 17.4 Å². The van der Waals surface area contributed by atoms with Crippen LogP contribution in [0.1, 0.15) is 44.7 Å². The summed E-state index contributed by atoms with van der Waals surface area (Å²) in [6, 6.07) is 15.9. The molecule has 1 N–H and O–H groups in total. The Balaban J connectivity index is 1.48. The van der Waals surface area contributed by atoms with Crippen LogP contribution in [-0.4, -0.2) is 49.3 Å². The van der Waals surface area contributed by atoms with Crippen LogP contribution in [-0.2, 0) is 22.5 Å². The van der Waals surface area contributed by atoms with E-state index in [1.54, 1.807) is 19.2 Å². The molecule has 0 spiro atoms. The maximum atomic E-state index is 12.8. The average molecular weight is 469 g/mol. The largest absolute Gasteiger partial charge is 0.493 e. The molecular weight excluding hydrogens is 432 g/mol. The summed E-state index contributed by atoms with van der Waals surface area (Å²) in [5.74, 6) is 1.58. The quantitative estimate of drug-likeness (QED) is 0.614. The van der Waals surface area contributed by atoms with Crippen molar-refractivity contribution in [1.29, 1.82) is 0 Å². The predicted octanol–water partition coefficient (Wildman–Crippen LogP) is 4.58. The van der Waals surface area contributed by atoms with Crippen molar-refractivity contribution in [1.82, 2.24) is 10.2 Å². The first-order chi connectivity index (χ1) is 16.2. The molecule has 1 heterocycles. The van der Waals surface area contributed by atoms with Crippen molar-refractivity contribution in [3.05, 3.63) is 59.7 Å². The molecule has 2 aromatic rings. The normalized spacial score (nSPS) is 14.4. The molecular formula is C27H36N2O5. The molecule has 7 heteroatoms. The highest BCUT2D eigenvalue weighted by Gasteiger charge is 2.23. The highest BCUT2D eigenvalue weighted by atomic mass is 16.6. The minimum atomic E-state index is -0.561. The van der Waals surface area contributed by atoms with E-state index in [1.165, 1.54) is 5.56 Å². The van der Waals surface area contributed by atoms with E-state index in [2.05, 4.69) is 29.6 Å². The monoisotopic (exact) mass is 468 g/mol. The van der Waals surface area contributed by atoms with Crippen LogP contribution in [0.5, 0.6) is 11.5 Å². The average Bonchev–Trinajstić information content (AvgIpc) is 2.81. The van der Waals surface area contributed by atoms with Gasteiger partial charge in [-0.25, -0.2) is 4.79 Å².